The SMILES string of the molecule is CCC(C(=O)NC(C)C)N(Cc1ccc(OC)cc1)C(=O)CN(c1ccc(Cl)cc1C)S(C)(=O)=O. The minimum Gasteiger partial charge on any atom is -0.497 e. The molecule has 35 heavy (non-hydrogen) atoms. The van der Waals surface area contributed by atoms with Crippen LogP contribution in [0.25, 0.3) is 0 Å². The van der Waals surface area contributed by atoms with Gasteiger partial charge in [-0.2, -0.15) is 0 Å². The fourth-order valence-corrected chi connectivity index (χ4v) is 4.86. The Bertz CT molecular complexity index is 1140. The number of hydrogen-bond donors (Lipinski definition) is 1. The monoisotopic (exact) mass is 523 g/mol. The molecule has 0 radical (unpaired) electrons. The average molecular weight is 524 g/mol. The van der Waals surface area contributed by atoms with Gasteiger partial charge in [0.25, 0.3) is 0 Å². The molecule has 0 fully saturated rings. The number of hydrogen-bond acceptors (Lipinski definition) is 5. The van der Waals surface area contributed by atoms with Crippen LogP contribution in [0, 0.1) is 6.92 Å². The molecule has 1 atom stereocenters. The van der Waals surface area contributed by atoms with Crippen LogP contribution in [-0.4, -0.2) is 57.1 Å². The first-order valence-electron chi connectivity index (χ1n) is 11.3. The predicted octanol–water partition coefficient (Wildman–Crippen LogP) is 3.76. The van der Waals surface area contributed by atoms with Crippen LogP contribution in [0.15, 0.2) is 42.5 Å². The highest BCUT2D eigenvalue weighted by Crippen LogP contribution is 2.26. The zero-order valence-electron chi connectivity index (χ0n) is 21.0. The van der Waals surface area contributed by atoms with Crippen LogP contribution < -0.4 is 14.4 Å². The topological polar surface area (TPSA) is 96.0 Å². The molecule has 2 rings (SSSR count). The lowest BCUT2D eigenvalue weighted by atomic mass is 10.1. The second-order valence-corrected chi connectivity index (χ2v) is 11.0. The molecule has 1 unspecified atom stereocenters. The summed E-state index contributed by atoms with van der Waals surface area (Å²) < 4.78 is 31.7. The van der Waals surface area contributed by atoms with Gasteiger partial charge < -0.3 is 15.0 Å². The molecule has 0 aromatic heterocycles. The molecule has 0 saturated carbocycles. The fourth-order valence-electron chi connectivity index (χ4n) is 3.72. The zero-order valence-corrected chi connectivity index (χ0v) is 22.6. The highest BCUT2D eigenvalue weighted by atomic mass is 35.5. The lowest BCUT2D eigenvalue weighted by molar-refractivity contribution is -0.140. The van der Waals surface area contributed by atoms with Crippen LogP contribution in [-0.2, 0) is 26.2 Å². The van der Waals surface area contributed by atoms with Crippen molar-refractivity contribution in [2.45, 2.75) is 52.7 Å². The van der Waals surface area contributed by atoms with Crippen molar-refractivity contribution < 1.29 is 22.7 Å². The molecular formula is C25H34ClN3O5S. The number of halogens is 1. The quantitative estimate of drug-likeness (QED) is 0.484. The first kappa shape index (κ1) is 28.5. The molecular weight excluding hydrogens is 490 g/mol. The van der Waals surface area contributed by atoms with Gasteiger partial charge in [0.2, 0.25) is 21.8 Å². The summed E-state index contributed by atoms with van der Waals surface area (Å²) in [6, 6.07) is 11.1. The van der Waals surface area contributed by atoms with Crippen molar-refractivity contribution in [3.05, 3.63) is 58.6 Å². The third-order valence-electron chi connectivity index (χ3n) is 5.44. The number of benzene rings is 2. The van der Waals surface area contributed by atoms with Crippen LogP contribution in [0.1, 0.15) is 38.3 Å². The van der Waals surface area contributed by atoms with E-state index in [9.17, 15) is 18.0 Å². The Hall–Kier alpha value is -2.78. The van der Waals surface area contributed by atoms with Crippen molar-refractivity contribution in [3.8, 4) is 5.75 Å². The normalized spacial score (nSPS) is 12.2. The number of anilines is 1. The Balaban J connectivity index is 2.46. The van der Waals surface area contributed by atoms with Gasteiger partial charge in [0.05, 0.1) is 19.1 Å². The van der Waals surface area contributed by atoms with E-state index in [-0.39, 0.29) is 18.5 Å². The lowest BCUT2D eigenvalue weighted by Crippen LogP contribution is -2.53. The molecule has 0 spiro atoms. The summed E-state index contributed by atoms with van der Waals surface area (Å²) in [4.78, 5) is 28.1. The van der Waals surface area contributed by atoms with Gasteiger partial charge in [-0.15, -0.1) is 0 Å². The van der Waals surface area contributed by atoms with E-state index in [1.54, 1.807) is 44.4 Å². The number of carbonyl (C=O) groups excluding carboxylic acids is 2. The minimum absolute atomic E-state index is 0.112. The highest BCUT2D eigenvalue weighted by Gasteiger charge is 2.32. The van der Waals surface area contributed by atoms with E-state index in [1.165, 1.54) is 4.90 Å². The summed E-state index contributed by atoms with van der Waals surface area (Å²) in [5.41, 5.74) is 1.75. The Morgan fingerprint density at radius 1 is 1.11 bits per heavy atom. The summed E-state index contributed by atoms with van der Waals surface area (Å²) in [7, 11) is -2.25. The molecule has 8 nitrogen and oxygen atoms in total. The third-order valence-corrected chi connectivity index (χ3v) is 6.80. The van der Waals surface area contributed by atoms with Gasteiger partial charge in [0, 0.05) is 17.6 Å². The molecule has 2 aromatic carbocycles. The van der Waals surface area contributed by atoms with Gasteiger partial charge in [0.15, 0.2) is 0 Å². The van der Waals surface area contributed by atoms with Crippen LogP contribution in [0.3, 0.4) is 0 Å². The highest BCUT2D eigenvalue weighted by molar-refractivity contribution is 7.92. The molecule has 0 bridgehead atoms. The number of methoxy groups -OCH3 is 1. The molecule has 2 amide bonds. The molecule has 0 saturated heterocycles. The average Bonchev–Trinajstić information content (AvgIpc) is 2.77. The Morgan fingerprint density at radius 2 is 1.74 bits per heavy atom. The number of nitrogens with zero attached hydrogens (tertiary/aromatic N) is 2. The van der Waals surface area contributed by atoms with Crippen molar-refractivity contribution in [2.75, 3.05) is 24.2 Å². The number of ether oxygens (including phenoxy) is 1. The summed E-state index contributed by atoms with van der Waals surface area (Å²) in [5.74, 6) is -0.123. The third kappa shape index (κ3) is 7.86. The molecule has 1 N–H and O–H groups in total. The summed E-state index contributed by atoms with van der Waals surface area (Å²) in [5, 5.41) is 3.33. The number of carbonyl (C=O) groups is 2. The maximum absolute atomic E-state index is 13.7. The Morgan fingerprint density at radius 3 is 2.23 bits per heavy atom. The molecule has 0 aliphatic carbocycles. The fraction of sp³-hybridized carbons (Fsp3) is 0.440. The maximum atomic E-state index is 13.7. The van der Waals surface area contributed by atoms with E-state index in [1.807, 2.05) is 32.9 Å². The minimum atomic E-state index is -3.81. The number of aryl methyl sites for hydroxylation is 1. The predicted molar refractivity (Wildman–Crippen MR) is 139 cm³/mol. The number of nitrogens with one attached hydrogen (secondary N) is 1. The summed E-state index contributed by atoms with van der Waals surface area (Å²) >= 11 is 6.04. The second kappa shape index (κ2) is 12.3. The van der Waals surface area contributed by atoms with Crippen molar-refractivity contribution in [1.82, 2.24) is 10.2 Å². The van der Waals surface area contributed by atoms with Gasteiger partial charge >= 0.3 is 0 Å². The molecule has 10 heteroatoms. The van der Waals surface area contributed by atoms with Crippen LogP contribution in [0.4, 0.5) is 5.69 Å². The van der Waals surface area contributed by atoms with E-state index in [2.05, 4.69) is 5.32 Å². The van der Waals surface area contributed by atoms with E-state index in [4.69, 9.17) is 16.3 Å². The summed E-state index contributed by atoms with van der Waals surface area (Å²) in [6.07, 6.45) is 1.41. The van der Waals surface area contributed by atoms with Crippen LogP contribution >= 0.6 is 11.6 Å². The standard InChI is InChI=1S/C25H34ClN3O5S/c1-7-22(25(31)27-17(2)3)28(15-19-8-11-21(34-5)12-9-19)24(30)16-29(35(6,32)33)23-13-10-20(26)14-18(23)4/h8-14,17,22H,7,15-16H2,1-6H3,(H,27,31). The van der Waals surface area contributed by atoms with Crippen molar-refractivity contribution in [2.24, 2.45) is 0 Å². The van der Waals surface area contributed by atoms with E-state index in [0.29, 0.717) is 28.4 Å². The first-order valence-corrected chi connectivity index (χ1v) is 13.6. The van der Waals surface area contributed by atoms with Crippen molar-refractivity contribution in [3.63, 3.8) is 0 Å². The van der Waals surface area contributed by atoms with Crippen molar-refractivity contribution >= 4 is 39.1 Å². The van der Waals surface area contributed by atoms with E-state index >= 15 is 0 Å². The molecule has 0 heterocycles. The summed E-state index contributed by atoms with van der Waals surface area (Å²) in [6.45, 7) is 6.90. The molecule has 0 aliphatic rings. The largest absolute Gasteiger partial charge is 0.497 e. The van der Waals surface area contributed by atoms with Crippen LogP contribution in [0.5, 0.6) is 5.75 Å². The van der Waals surface area contributed by atoms with Crippen LogP contribution in [0.2, 0.25) is 5.02 Å². The Kier molecular flexibility index (Phi) is 9.97. The molecule has 0 aliphatic heterocycles. The number of sulfonamides is 1. The lowest BCUT2D eigenvalue weighted by Gasteiger charge is -2.33. The molecule has 192 valence electrons. The smallest absolute Gasteiger partial charge is 0.244 e. The number of rotatable bonds is 11. The van der Waals surface area contributed by atoms with Gasteiger partial charge in [-0.05, 0) is 68.7 Å². The van der Waals surface area contributed by atoms with E-state index in [0.717, 1.165) is 16.1 Å². The first-order chi connectivity index (χ1) is 16.4. The van der Waals surface area contributed by atoms with Gasteiger partial charge in [-0.25, -0.2) is 8.42 Å². The number of amides is 2. The second-order valence-electron chi connectivity index (χ2n) is 8.66. The van der Waals surface area contributed by atoms with Gasteiger partial charge in [-0.3, -0.25) is 13.9 Å². The Labute approximate surface area is 213 Å². The van der Waals surface area contributed by atoms with Gasteiger partial charge in [0.1, 0.15) is 18.3 Å². The van der Waals surface area contributed by atoms with Crippen molar-refractivity contribution in [1.29, 1.82) is 0 Å². The molecule has 2 aromatic rings. The van der Waals surface area contributed by atoms with Gasteiger partial charge in [-0.1, -0.05) is 30.7 Å². The zero-order chi connectivity index (χ0) is 26.3. The van der Waals surface area contributed by atoms with E-state index < -0.39 is 28.5 Å². The maximum Gasteiger partial charge on any atom is 0.244 e.